The standard InChI is InChI=1S/C8H13N3O/c1-6-7(3-4-12-6)8-10-9-5-11(8)2/h5-7H,3-4H2,1-2H3. The highest BCUT2D eigenvalue weighted by Gasteiger charge is 2.28. The highest BCUT2D eigenvalue weighted by atomic mass is 16.5. The summed E-state index contributed by atoms with van der Waals surface area (Å²) in [6, 6.07) is 0. The van der Waals surface area contributed by atoms with Crippen LogP contribution in [-0.4, -0.2) is 27.5 Å². The van der Waals surface area contributed by atoms with Crippen LogP contribution in [0.5, 0.6) is 0 Å². The summed E-state index contributed by atoms with van der Waals surface area (Å²) in [7, 11) is 1.97. The lowest BCUT2D eigenvalue weighted by atomic mass is 10.0. The van der Waals surface area contributed by atoms with Crippen molar-refractivity contribution in [3.63, 3.8) is 0 Å². The van der Waals surface area contributed by atoms with Crippen molar-refractivity contribution < 1.29 is 4.74 Å². The molecule has 1 aliphatic rings. The number of nitrogens with zero attached hydrogens (tertiary/aromatic N) is 3. The zero-order valence-corrected chi connectivity index (χ0v) is 7.40. The second kappa shape index (κ2) is 2.86. The van der Waals surface area contributed by atoms with Crippen molar-refractivity contribution in [3.05, 3.63) is 12.2 Å². The van der Waals surface area contributed by atoms with Gasteiger partial charge in [-0.25, -0.2) is 0 Å². The summed E-state index contributed by atoms with van der Waals surface area (Å²) in [5, 5.41) is 7.94. The van der Waals surface area contributed by atoms with Gasteiger partial charge in [0.05, 0.1) is 6.10 Å². The van der Waals surface area contributed by atoms with E-state index in [0.717, 1.165) is 18.9 Å². The van der Waals surface area contributed by atoms with Gasteiger partial charge >= 0.3 is 0 Å². The lowest BCUT2D eigenvalue weighted by molar-refractivity contribution is 0.117. The van der Waals surface area contributed by atoms with Crippen molar-refractivity contribution >= 4 is 0 Å². The van der Waals surface area contributed by atoms with E-state index in [1.807, 2.05) is 11.6 Å². The van der Waals surface area contributed by atoms with Crippen LogP contribution in [0.15, 0.2) is 6.33 Å². The van der Waals surface area contributed by atoms with Gasteiger partial charge in [0.2, 0.25) is 0 Å². The second-order valence-electron chi connectivity index (χ2n) is 3.27. The quantitative estimate of drug-likeness (QED) is 0.618. The summed E-state index contributed by atoms with van der Waals surface area (Å²) in [5.41, 5.74) is 0. The molecule has 0 bridgehead atoms. The van der Waals surface area contributed by atoms with Gasteiger partial charge in [-0.15, -0.1) is 10.2 Å². The van der Waals surface area contributed by atoms with Crippen LogP contribution in [0.1, 0.15) is 25.1 Å². The highest BCUT2D eigenvalue weighted by molar-refractivity contribution is 5.00. The molecule has 2 unspecified atom stereocenters. The first-order valence-corrected chi connectivity index (χ1v) is 4.24. The van der Waals surface area contributed by atoms with E-state index in [2.05, 4.69) is 17.1 Å². The van der Waals surface area contributed by atoms with E-state index in [1.165, 1.54) is 0 Å². The molecule has 0 aromatic carbocycles. The van der Waals surface area contributed by atoms with Crippen LogP contribution in [-0.2, 0) is 11.8 Å². The number of hydrogen-bond acceptors (Lipinski definition) is 3. The molecule has 4 heteroatoms. The van der Waals surface area contributed by atoms with E-state index >= 15 is 0 Å². The number of rotatable bonds is 1. The van der Waals surface area contributed by atoms with Gasteiger partial charge in [0, 0.05) is 19.6 Å². The maximum absolute atomic E-state index is 5.46. The van der Waals surface area contributed by atoms with Gasteiger partial charge in [-0.2, -0.15) is 0 Å². The second-order valence-corrected chi connectivity index (χ2v) is 3.27. The Hall–Kier alpha value is -0.900. The Morgan fingerprint density at radius 1 is 1.67 bits per heavy atom. The third kappa shape index (κ3) is 1.12. The molecule has 2 atom stereocenters. The van der Waals surface area contributed by atoms with Crippen molar-refractivity contribution in [1.29, 1.82) is 0 Å². The maximum Gasteiger partial charge on any atom is 0.138 e. The van der Waals surface area contributed by atoms with Crippen LogP contribution in [0, 0.1) is 0 Å². The molecule has 0 N–H and O–H groups in total. The molecule has 2 rings (SSSR count). The Morgan fingerprint density at radius 2 is 2.50 bits per heavy atom. The van der Waals surface area contributed by atoms with Gasteiger partial charge in [0.25, 0.3) is 0 Å². The first kappa shape index (κ1) is 7.73. The summed E-state index contributed by atoms with van der Waals surface area (Å²) in [4.78, 5) is 0. The molecular weight excluding hydrogens is 154 g/mol. The first-order chi connectivity index (χ1) is 5.79. The molecule has 0 amide bonds. The van der Waals surface area contributed by atoms with Gasteiger partial charge < -0.3 is 9.30 Å². The third-order valence-electron chi connectivity index (χ3n) is 2.45. The Morgan fingerprint density at radius 3 is 3.00 bits per heavy atom. The van der Waals surface area contributed by atoms with Gasteiger partial charge in [-0.1, -0.05) is 0 Å². The molecule has 1 aromatic heterocycles. The van der Waals surface area contributed by atoms with Crippen molar-refractivity contribution in [2.75, 3.05) is 6.61 Å². The Labute approximate surface area is 71.6 Å². The minimum atomic E-state index is 0.285. The Kier molecular flexibility index (Phi) is 1.84. The molecule has 1 fully saturated rings. The lowest BCUT2D eigenvalue weighted by Gasteiger charge is -2.11. The summed E-state index contributed by atoms with van der Waals surface area (Å²) in [6.45, 7) is 2.94. The fraction of sp³-hybridized carbons (Fsp3) is 0.750. The molecule has 1 aliphatic heterocycles. The van der Waals surface area contributed by atoms with E-state index < -0.39 is 0 Å². The van der Waals surface area contributed by atoms with E-state index in [1.54, 1.807) is 6.33 Å². The topological polar surface area (TPSA) is 39.9 Å². The van der Waals surface area contributed by atoms with Crippen LogP contribution in [0.4, 0.5) is 0 Å². The summed E-state index contributed by atoms with van der Waals surface area (Å²) in [6.07, 6.45) is 3.08. The number of aromatic nitrogens is 3. The molecule has 4 nitrogen and oxygen atoms in total. The minimum absolute atomic E-state index is 0.285. The van der Waals surface area contributed by atoms with E-state index in [0.29, 0.717) is 5.92 Å². The van der Waals surface area contributed by atoms with E-state index in [4.69, 9.17) is 4.74 Å². The molecule has 1 saturated heterocycles. The normalized spacial score (nSPS) is 29.5. The van der Waals surface area contributed by atoms with Crippen LogP contribution < -0.4 is 0 Å². The fourth-order valence-electron chi connectivity index (χ4n) is 1.70. The monoisotopic (exact) mass is 167 g/mol. The Bertz CT molecular complexity index is 271. The fourth-order valence-corrected chi connectivity index (χ4v) is 1.70. The summed E-state index contributed by atoms with van der Waals surface area (Å²) < 4.78 is 7.43. The molecule has 1 aromatic rings. The zero-order chi connectivity index (χ0) is 8.55. The average Bonchev–Trinajstić information content (AvgIpc) is 2.59. The summed E-state index contributed by atoms with van der Waals surface area (Å²) >= 11 is 0. The van der Waals surface area contributed by atoms with Crippen molar-refractivity contribution in [1.82, 2.24) is 14.8 Å². The molecule has 0 spiro atoms. The molecule has 0 saturated carbocycles. The van der Waals surface area contributed by atoms with E-state index in [9.17, 15) is 0 Å². The van der Waals surface area contributed by atoms with Crippen molar-refractivity contribution in [2.45, 2.75) is 25.4 Å². The van der Waals surface area contributed by atoms with Gasteiger partial charge in [0.15, 0.2) is 0 Å². The Balaban J connectivity index is 2.24. The van der Waals surface area contributed by atoms with Crippen LogP contribution in [0.3, 0.4) is 0 Å². The van der Waals surface area contributed by atoms with E-state index in [-0.39, 0.29) is 6.10 Å². The number of aryl methyl sites for hydroxylation is 1. The predicted molar refractivity (Wildman–Crippen MR) is 43.8 cm³/mol. The summed E-state index contributed by atoms with van der Waals surface area (Å²) in [5.74, 6) is 1.47. The van der Waals surface area contributed by atoms with Gasteiger partial charge in [-0.3, -0.25) is 0 Å². The molecule has 0 aliphatic carbocycles. The third-order valence-corrected chi connectivity index (χ3v) is 2.45. The number of ether oxygens (including phenoxy) is 1. The minimum Gasteiger partial charge on any atom is -0.378 e. The first-order valence-electron chi connectivity index (χ1n) is 4.24. The predicted octanol–water partition coefficient (Wildman–Crippen LogP) is 0.708. The molecule has 12 heavy (non-hydrogen) atoms. The van der Waals surface area contributed by atoms with Crippen LogP contribution in [0.2, 0.25) is 0 Å². The average molecular weight is 167 g/mol. The largest absolute Gasteiger partial charge is 0.378 e. The number of hydrogen-bond donors (Lipinski definition) is 0. The molecule has 66 valence electrons. The van der Waals surface area contributed by atoms with Gasteiger partial charge in [0.1, 0.15) is 12.2 Å². The maximum atomic E-state index is 5.46. The SMILES string of the molecule is CC1OCCC1c1nncn1C. The van der Waals surface area contributed by atoms with Crippen molar-refractivity contribution in [2.24, 2.45) is 7.05 Å². The van der Waals surface area contributed by atoms with Gasteiger partial charge in [-0.05, 0) is 13.3 Å². The van der Waals surface area contributed by atoms with Crippen LogP contribution >= 0.6 is 0 Å². The zero-order valence-electron chi connectivity index (χ0n) is 7.40. The van der Waals surface area contributed by atoms with Crippen LogP contribution in [0.25, 0.3) is 0 Å². The molecule has 0 radical (unpaired) electrons. The highest BCUT2D eigenvalue weighted by Crippen LogP contribution is 2.28. The molecular formula is C8H13N3O. The van der Waals surface area contributed by atoms with Crippen molar-refractivity contribution in [3.8, 4) is 0 Å². The smallest absolute Gasteiger partial charge is 0.138 e. The molecule has 2 heterocycles. The lowest BCUT2D eigenvalue weighted by Crippen LogP contribution is -2.13.